The lowest BCUT2D eigenvalue weighted by molar-refractivity contribution is -0.142. The molecular weight excluding hydrogens is 477 g/mol. The third kappa shape index (κ3) is 5.10. The summed E-state index contributed by atoms with van der Waals surface area (Å²) in [5, 5.41) is 9.97. The molecule has 3 aromatic rings. The lowest BCUT2D eigenvalue weighted by Gasteiger charge is -2.29. The third-order valence-corrected chi connectivity index (χ3v) is 7.15. The van der Waals surface area contributed by atoms with Crippen molar-refractivity contribution in [2.24, 2.45) is 11.0 Å². The topological polar surface area (TPSA) is 50.5 Å². The fourth-order valence-electron chi connectivity index (χ4n) is 5.18. The molecule has 2 atom stereocenters. The van der Waals surface area contributed by atoms with Crippen LogP contribution < -0.4 is 0 Å². The summed E-state index contributed by atoms with van der Waals surface area (Å²) in [6.07, 6.45) is 0.281. The van der Waals surface area contributed by atoms with Crippen molar-refractivity contribution in [3.8, 4) is 0 Å². The average molecular weight is 507 g/mol. The summed E-state index contributed by atoms with van der Waals surface area (Å²) in [7, 11) is 0. The van der Waals surface area contributed by atoms with Crippen LogP contribution in [0.3, 0.4) is 0 Å². The Morgan fingerprint density at radius 2 is 1.68 bits per heavy atom. The van der Waals surface area contributed by atoms with Crippen LogP contribution in [0.1, 0.15) is 58.9 Å². The predicted molar refractivity (Wildman–Crippen MR) is 137 cm³/mol. The first kappa shape index (κ1) is 25.0. The number of nitrogens with zero attached hydrogens (tertiary/aromatic N) is 4. The Morgan fingerprint density at radius 3 is 2.30 bits per heavy atom. The minimum Gasteiger partial charge on any atom is -0.271 e. The molecule has 192 valence electrons. The number of aryl methyl sites for hydroxylation is 3. The van der Waals surface area contributed by atoms with Crippen molar-refractivity contribution < 1.29 is 18.0 Å². The van der Waals surface area contributed by atoms with Crippen molar-refractivity contribution in [1.29, 1.82) is 0 Å². The van der Waals surface area contributed by atoms with Crippen LogP contribution in [-0.2, 0) is 17.5 Å². The number of carbonyl (C=O) groups excluding carboxylic acids is 1. The number of hydrogen-bond donors (Lipinski definition) is 0. The van der Waals surface area contributed by atoms with E-state index in [1.165, 1.54) is 17.5 Å². The number of rotatable bonds is 4. The van der Waals surface area contributed by atoms with Crippen molar-refractivity contribution in [2.45, 2.75) is 58.8 Å². The monoisotopic (exact) mass is 506 g/mol. The number of allylic oxidation sites excluding steroid dienone is 1. The molecule has 2 aliphatic rings. The second-order valence-corrected chi connectivity index (χ2v) is 9.98. The van der Waals surface area contributed by atoms with Gasteiger partial charge >= 0.3 is 6.18 Å². The highest BCUT2D eigenvalue weighted by Gasteiger charge is 2.44. The van der Waals surface area contributed by atoms with Gasteiger partial charge in [0.1, 0.15) is 6.54 Å². The second kappa shape index (κ2) is 9.65. The first-order chi connectivity index (χ1) is 17.6. The number of fused-ring (bicyclic) bond motifs is 1. The van der Waals surface area contributed by atoms with Crippen LogP contribution in [0.25, 0.3) is 6.08 Å². The first-order valence-electron chi connectivity index (χ1n) is 12.5. The Morgan fingerprint density at radius 1 is 1.03 bits per heavy atom. The summed E-state index contributed by atoms with van der Waals surface area (Å²) < 4.78 is 40.7. The van der Waals surface area contributed by atoms with Gasteiger partial charge in [-0.15, -0.1) is 0 Å². The highest BCUT2D eigenvalue weighted by Crippen LogP contribution is 2.44. The molecule has 0 radical (unpaired) electrons. The number of hydrogen-bond acceptors (Lipinski definition) is 3. The number of benzene rings is 2. The molecule has 0 spiro atoms. The Kier molecular flexibility index (Phi) is 6.52. The molecule has 0 unspecified atom stereocenters. The zero-order chi connectivity index (χ0) is 26.3. The van der Waals surface area contributed by atoms with E-state index in [1.807, 2.05) is 38.1 Å². The number of aromatic nitrogens is 2. The van der Waals surface area contributed by atoms with Crippen molar-refractivity contribution >= 4 is 17.7 Å². The van der Waals surface area contributed by atoms with Crippen molar-refractivity contribution in [3.63, 3.8) is 0 Å². The Labute approximate surface area is 214 Å². The molecule has 2 aromatic carbocycles. The van der Waals surface area contributed by atoms with Crippen molar-refractivity contribution in [2.75, 3.05) is 0 Å². The molecule has 5 nitrogen and oxygen atoms in total. The molecule has 37 heavy (non-hydrogen) atoms. The maximum Gasteiger partial charge on any atom is 0.435 e. The Balaban J connectivity index is 1.51. The van der Waals surface area contributed by atoms with E-state index < -0.39 is 11.9 Å². The Bertz CT molecular complexity index is 1370. The van der Waals surface area contributed by atoms with Gasteiger partial charge in [-0.3, -0.25) is 9.48 Å². The van der Waals surface area contributed by atoms with Crippen LogP contribution in [0, 0.1) is 26.7 Å². The van der Waals surface area contributed by atoms with Gasteiger partial charge in [-0.05, 0) is 68.9 Å². The summed E-state index contributed by atoms with van der Waals surface area (Å²) in [4.78, 5) is 13.6. The average Bonchev–Trinajstić information content (AvgIpc) is 3.43. The molecule has 8 heteroatoms. The van der Waals surface area contributed by atoms with Gasteiger partial charge in [0.15, 0.2) is 5.69 Å². The van der Waals surface area contributed by atoms with Crippen LogP contribution >= 0.6 is 0 Å². The second-order valence-electron chi connectivity index (χ2n) is 9.98. The SMILES string of the molecule is Cc1ccc(/C=C2\CCC[C@@H]3C2=NN(C(=O)Cn2nc(C(F)(F)F)cc2C)[C@H]3c2ccc(C)cc2)cc1. The molecule has 2 heterocycles. The van der Waals surface area contributed by atoms with Crippen LogP contribution in [0.4, 0.5) is 13.2 Å². The van der Waals surface area contributed by atoms with Gasteiger partial charge in [0.05, 0.1) is 11.8 Å². The minimum atomic E-state index is -4.57. The van der Waals surface area contributed by atoms with E-state index in [2.05, 4.69) is 35.4 Å². The van der Waals surface area contributed by atoms with Gasteiger partial charge in [0.25, 0.3) is 5.91 Å². The fraction of sp³-hybridized carbons (Fsp3) is 0.345. The molecule has 5 rings (SSSR count). The summed E-state index contributed by atoms with van der Waals surface area (Å²) >= 11 is 0. The summed E-state index contributed by atoms with van der Waals surface area (Å²) in [6, 6.07) is 17.0. The zero-order valence-electron chi connectivity index (χ0n) is 21.1. The summed E-state index contributed by atoms with van der Waals surface area (Å²) in [6.45, 7) is 5.25. The van der Waals surface area contributed by atoms with E-state index in [9.17, 15) is 18.0 Å². The molecule has 1 aromatic heterocycles. The highest BCUT2D eigenvalue weighted by atomic mass is 19.4. The van der Waals surface area contributed by atoms with Gasteiger partial charge < -0.3 is 0 Å². The number of amides is 1. The maximum atomic E-state index is 13.6. The van der Waals surface area contributed by atoms with Gasteiger partial charge in [-0.1, -0.05) is 59.7 Å². The minimum absolute atomic E-state index is 0.0153. The smallest absolute Gasteiger partial charge is 0.271 e. The highest BCUT2D eigenvalue weighted by molar-refractivity contribution is 6.08. The third-order valence-electron chi connectivity index (χ3n) is 7.15. The molecule has 1 aliphatic heterocycles. The molecule has 0 N–H and O–H groups in total. The molecule has 0 saturated heterocycles. The van der Waals surface area contributed by atoms with Gasteiger partial charge in [0.2, 0.25) is 0 Å². The number of hydrazone groups is 1. The molecular formula is C29H29F3N4O. The van der Waals surface area contributed by atoms with Crippen LogP contribution in [0.2, 0.25) is 0 Å². The zero-order valence-corrected chi connectivity index (χ0v) is 21.1. The van der Waals surface area contributed by atoms with E-state index >= 15 is 0 Å². The standard InChI is InChI=1S/C29H29F3N4O/c1-18-7-11-21(12-8-18)16-23-5-4-6-24-27(23)34-36(28(24)22-13-9-19(2)10-14-22)26(37)17-35-20(3)15-25(33-35)29(30,31)32/h7-16,24,28H,4-6,17H2,1-3H3/b23-16+/t24-,28+/m1/s1. The van der Waals surface area contributed by atoms with E-state index in [-0.39, 0.29) is 30.1 Å². The lowest BCUT2D eigenvalue weighted by Crippen LogP contribution is -2.34. The molecule has 1 aliphatic carbocycles. The molecule has 1 saturated carbocycles. The van der Waals surface area contributed by atoms with E-state index in [0.29, 0.717) is 0 Å². The van der Waals surface area contributed by atoms with E-state index in [0.717, 1.165) is 58.0 Å². The van der Waals surface area contributed by atoms with Crippen molar-refractivity contribution in [1.82, 2.24) is 14.8 Å². The number of halogens is 3. The van der Waals surface area contributed by atoms with Crippen LogP contribution in [0.15, 0.2) is 65.3 Å². The number of carbonyl (C=O) groups is 1. The molecule has 1 fully saturated rings. The predicted octanol–water partition coefficient (Wildman–Crippen LogP) is 6.65. The molecule has 0 bridgehead atoms. The quantitative estimate of drug-likeness (QED) is 0.398. The van der Waals surface area contributed by atoms with Crippen LogP contribution in [-0.4, -0.2) is 26.4 Å². The summed E-state index contributed by atoms with van der Waals surface area (Å²) in [5.74, 6) is -0.372. The maximum absolute atomic E-state index is 13.6. The van der Waals surface area contributed by atoms with Gasteiger partial charge in [-0.2, -0.15) is 23.4 Å². The van der Waals surface area contributed by atoms with Gasteiger partial charge in [-0.25, -0.2) is 5.01 Å². The van der Waals surface area contributed by atoms with Crippen LogP contribution in [0.5, 0.6) is 0 Å². The van der Waals surface area contributed by atoms with E-state index in [1.54, 1.807) is 0 Å². The normalized spacial score (nSPS) is 20.8. The first-order valence-corrected chi connectivity index (χ1v) is 12.5. The summed E-state index contributed by atoms with van der Waals surface area (Å²) in [5.41, 5.74) is 5.59. The number of alkyl halides is 3. The van der Waals surface area contributed by atoms with Crippen molar-refractivity contribution in [3.05, 3.63) is 93.8 Å². The Hall–Kier alpha value is -3.68. The van der Waals surface area contributed by atoms with E-state index in [4.69, 9.17) is 5.10 Å². The fourth-order valence-corrected chi connectivity index (χ4v) is 5.18. The van der Waals surface area contributed by atoms with Gasteiger partial charge in [0, 0.05) is 11.6 Å². The largest absolute Gasteiger partial charge is 0.435 e. The molecule has 1 amide bonds. The lowest BCUT2D eigenvalue weighted by atomic mass is 9.77.